The number of aromatic amines is 1. The van der Waals surface area contributed by atoms with Crippen molar-refractivity contribution in [2.24, 2.45) is 0 Å². The van der Waals surface area contributed by atoms with Gasteiger partial charge in [0.2, 0.25) is 0 Å². The van der Waals surface area contributed by atoms with Gasteiger partial charge in [-0.25, -0.2) is 14.8 Å². The van der Waals surface area contributed by atoms with Gasteiger partial charge in [0.15, 0.2) is 16.1 Å². The fraction of sp³-hybridized carbons (Fsp3) is 0.385. The molecular formula is C13H14ClN5O3S. The second-order valence-corrected chi connectivity index (χ2v) is 6.46. The lowest BCUT2D eigenvalue weighted by molar-refractivity contribution is 0.0701. The Morgan fingerprint density at radius 1 is 1.57 bits per heavy atom. The van der Waals surface area contributed by atoms with Crippen LogP contribution in [0.5, 0.6) is 0 Å². The Hall–Kier alpha value is -2.13. The lowest BCUT2D eigenvalue weighted by atomic mass is 10.1. The zero-order chi connectivity index (χ0) is 16.6. The number of amides is 1. The monoisotopic (exact) mass is 355 g/mol. The normalized spacial score (nSPS) is 14.6. The van der Waals surface area contributed by atoms with Crippen molar-refractivity contribution in [1.29, 1.82) is 0 Å². The van der Waals surface area contributed by atoms with Gasteiger partial charge in [-0.3, -0.25) is 4.79 Å². The Morgan fingerprint density at radius 2 is 2.30 bits per heavy atom. The first-order valence-electron chi connectivity index (χ1n) is 6.97. The molecule has 23 heavy (non-hydrogen) atoms. The number of nitrogens with one attached hydrogen (secondary N) is 2. The molecule has 1 amide bonds. The minimum atomic E-state index is -0.986. The van der Waals surface area contributed by atoms with Gasteiger partial charge in [0.05, 0.1) is 17.9 Å². The topological polar surface area (TPSA) is 111 Å². The first kappa shape index (κ1) is 15.8. The average Bonchev–Trinajstić information content (AvgIpc) is 3.08. The van der Waals surface area contributed by atoms with Crippen LogP contribution in [0.2, 0.25) is 5.15 Å². The molecule has 3 N–H and O–H groups in total. The van der Waals surface area contributed by atoms with E-state index in [9.17, 15) is 9.59 Å². The molecule has 2 aromatic heterocycles. The highest BCUT2D eigenvalue weighted by Crippen LogP contribution is 2.26. The van der Waals surface area contributed by atoms with Crippen LogP contribution in [-0.4, -0.2) is 51.1 Å². The number of hydrogen-bond donors (Lipinski definition) is 3. The molecule has 0 spiro atoms. The van der Waals surface area contributed by atoms with Gasteiger partial charge in [0.1, 0.15) is 4.88 Å². The van der Waals surface area contributed by atoms with E-state index in [-0.39, 0.29) is 22.7 Å². The predicted molar refractivity (Wildman–Crippen MR) is 85.5 cm³/mol. The fourth-order valence-electron chi connectivity index (χ4n) is 2.22. The number of anilines is 1. The molecule has 3 heterocycles. The first-order chi connectivity index (χ1) is 11.0. The number of aromatic nitrogens is 3. The molecule has 1 aliphatic heterocycles. The Balaban J connectivity index is 1.55. The summed E-state index contributed by atoms with van der Waals surface area (Å²) >= 11 is 7.04. The summed E-state index contributed by atoms with van der Waals surface area (Å²) in [5.41, 5.74) is 0.732. The van der Waals surface area contributed by atoms with Crippen molar-refractivity contribution < 1.29 is 14.7 Å². The number of carboxylic acids is 1. The van der Waals surface area contributed by atoms with Gasteiger partial charge in [0.25, 0.3) is 5.91 Å². The summed E-state index contributed by atoms with van der Waals surface area (Å²) in [6, 6.07) is -0.0337. The molecule has 10 heteroatoms. The number of carbonyl (C=O) groups excluding carboxylic acids is 1. The van der Waals surface area contributed by atoms with Gasteiger partial charge in [-0.2, -0.15) is 0 Å². The number of carboxylic acid groups (broad SMARTS) is 1. The zero-order valence-electron chi connectivity index (χ0n) is 12.2. The van der Waals surface area contributed by atoms with Gasteiger partial charge in [-0.05, 0) is 6.42 Å². The summed E-state index contributed by atoms with van der Waals surface area (Å²) in [6.45, 7) is 3.07. The molecule has 2 aromatic rings. The Bertz CT molecular complexity index is 753. The number of rotatable bonds is 5. The molecule has 0 unspecified atom stereocenters. The number of thiazole rings is 1. The van der Waals surface area contributed by atoms with Crippen LogP contribution in [0.25, 0.3) is 0 Å². The van der Waals surface area contributed by atoms with Crippen LogP contribution in [0.1, 0.15) is 32.9 Å². The van der Waals surface area contributed by atoms with Crippen molar-refractivity contribution in [2.45, 2.75) is 19.4 Å². The molecule has 1 saturated heterocycles. The number of H-pyrrole nitrogens is 1. The van der Waals surface area contributed by atoms with E-state index in [4.69, 9.17) is 16.7 Å². The van der Waals surface area contributed by atoms with Crippen LogP contribution in [-0.2, 0) is 6.42 Å². The standard InChI is InChI=1S/C13H14ClN5O3S/c1-2-7-9(14)18-10(17-7)11(20)16-6-4-19(5-6)13-15-3-8(23-13)12(21)22/h3,6H,2,4-5H2,1H3,(H,16,20)(H,17,18)(H,21,22). The summed E-state index contributed by atoms with van der Waals surface area (Å²) in [5, 5.41) is 12.7. The smallest absolute Gasteiger partial charge is 0.347 e. The van der Waals surface area contributed by atoms with Crippen LogP contribution in [0.3, 0.4) is 0 Å². The molecule has 1 aliphatic rings. The number of nitrogens with zero attached hydrogens (tertiary/aromatic N) is 3. The van der Waals surface area contributed by atoms with E-state index >= 15 is 0 Å². The van der Waals surface area contributed by atoms with Crippen molar-refractivity contribution in [3.8, 4) is 0 Å². The highest BCUT2D eigenvalue weighted by molar-refractivity contribution is 7.17. The quantitative estimate of drug-likeness (QED) is 0.747. The van der Waals surface area contributed by atoms with Crippen LogP contribution in [0.4, 0.5) is 5.13 Å². The Labute approximate surface area is 140 Å². The van der Waals surface area contributed by atoms with E-state index in [1.54, 1.807) is 0 Å². The van der Waals surface area contributed by atoms with Gasteiger partial charge < -0.3 is 20.3 Å². The third kappa shape index (κ3) is 3.15. The van der Waals surface area contributed by atoms with E-state index in [0.29, 0.717) is 29.8 Å². The maximum atomic E-state index is 12.1. The molecule has 8 nitrogen and oxygen atoms in total. The predicted octanol–water partition coefficient (Wildman–Crippen LogP) is 1.40. The zero-order valence-corrected chi connectivity index (χ0v) is 13.7. The molecule has 1 fully saturated rings. The summed E-state index contributed by atoms with van der Waals surface area (Å²) in [6.07, 6.45) is 2.01. The van der Waals surface area contributed by atoms with Crippen LogP contribution >= 0.6 is 22.9 Å². The third-order valence-corrected chi connectivity index (χ3v) is 4.85. The summed E-state index contributed by atoms with van der Waals surface area (Å²) in [7, 11) is 0. The van der Waals surface area contributed by atoms with Crippen molar-refractivity contribution in [1.82, 2.24) is 20.3 Å². The van der Waals surface area contributed by atoms with Crippen molar-refractivity contribution in [3.63, 3.8) is 0 Å². The number of halogens is 1. The summed E-state index contributed by atoms with van der Waals surface area (Å²) < 4.78 is 0. The van der Waals surface area contributed by atoms with E-state index in [1.165, 1.54) is 6.20 Å². The highest BCUT2D eigenvalue weighted by atomic mass is 35.5. The second kappa shape index (κ2) is 6.17. The van der Waals surface area contributed by atoms with Crippen molar-refractivity contribution in [3.05, 3.63) is 27.7 Å². The maximum Gasteiger partial charge on any atom is 0.347 e. The lowest BCUT2D eigenvalue weighted by Gasteiger charge is -2.39. The summed E-state index contributed by atoms with van der Waals surface area (Å²) in [4.78, 5) is 36.0. The molecule has 0 aliphatic carbocycles. The third-order valence-electron chi connectivity index (χ3n) is 3.49. The minimum absolute atomic E-state index is 0.0337. The van der Waals surface area contributed by atoms with Crippen LogP contribution in [0, 0.1) is 0 Å². The number of aryl methyl sites for hydroxylation is 1. The van der Waals surface area contributed by atoms with E-state index < -0.39 is 5.97 Å². The van der Waals surface area contributed by atoms with Gasteiger partial charge in [-0.15, -0.1) is 0 Å². The molecule has 0 radical (unpaired) electrons. The summed E-state index contributed by atoms with van der Waals surface area (Å²) in [5.74, 6) is -1.09. The Morgan fingerprint density at radius 3 is 2.87 bits per heavy atom. The molecular weight excluding hydrogens is 342 g/mol. The average molecular weight is 356 g/mol. The molecule has 0 saturated carbocycles. The van der Waals surface area contributed by atoms with E-state index in [0.717, 1.165) is 17.0 Å². The number of aromatic carboxylic acids is 1. The van der Waals surface area contributed by atoms with Gasteiger partial charge in [-0.1, -0.05) is 29.9 Å². The number of imidazole rings is 1. The number of carbonyl (C=O) groups is 2. The van der Waals surface area contributed by atoms with Crippen molar-refractivity contribution in [2.75, 3.05) is 18.0 Å². The Kier molecular flexibility index (Phi) is 4.22. The van der Waals surface area contributed by atoms with Gasteiger partial charge >= 0.3 is 5.97 Å². The van der Waals surface area contributed by atoms with E-state index in [1.807, 2.05) is 11.8 Å². The molecule has 122 valence electrons. The molecule has 3 rings (SSSR count). The molecule has 0 bridgehead atoms. The first-order valence-corrected chi connectivity index (χ1v) is 8.16. The van der Waals surface area contributed by atoms with Crippen LogP contribution < -0.4 is 10.2 Å². The maximum absolute atomic E-state index is 12.1. The van der Waals surface area contributed by atoms with Crippen molar-refractivity contribution >= 4 is 39.9 Å². The lowest BCUT2D eigenvalue weighted by Crippen LogP contribution is -2.59. The fourth-order valence-corrected chi connectivity index (χ4v) is 3.26. The highest BCUT2D eigenvalue weighted by Gasteiger charge is 2.31. The largest absolute Gasteiger partial charge is 0.477 e. The second-order valence-electron chi connectivity index (χ2n) is 5.10. The van der Waals surface area contributed by atoms with E-state index in [2.05, 4.69) is 20.3 Å². The molecule has 0 atom stereocenters. The van der Waals surface area contributed by atoms with Gasteiger partial charge in [0, 0.05) is 13.1 Å². The number of hydrogen-bond acceptors (Lipinski definition) is 6. The van der Waals surface area contributed by atoms with Crippen LogP contribution in [0.15, 0.2) is 6.20 Å². The minimum Gasteiger partial charge on any atom is -0.477 e. The molecule has 0 aromatic carbocycles. The SMILES string of the molecule is CCc1[nH]c(C(=O)NC2CN(c3ncc(C(=O)O)s3)C2)nc1Cl.